The first-order chi connectivity index (χ1) is 20.4. The SMILES string of the molecule is CC(=Cc1sc2ccc(Cl)cc2[n+]1CCCCS(=O)(=O)O)C=C1Oc2ccc(-c3ccccc3)cc2N1CCS(=O)(=O)O. The highest BCUT2D eigenvalue weighted by atomic mass is 35.5. The van der Waals surface area contributed by atoms with Crippen LogP contribution in [0.5, 0.6) is 5.75 Å². The van der Waals surface area contributed by atoms with Crippen LogP contribution in [-0.2, 0) is 26.8 Å². The highest BCUT2D eigenvalue weighted by Crippen LogP contribution is 2.42. The van der Waals surface area contributed by atoms with E-state index < -0.39 is 26.0 Å². The van der Waals surface area contributed by atoms with Crippen molar-refractivity contribution < 1.29 is 35.2 Å². The van der Waals surface area contributed by atoms with Crippen LogP contribution in [0.4, 0.5) is 5.69 Å². The third-order valence-electron chi connectivity index (χ3n) is 6.84. The number of aromatic nitrogens is 1. The predicted octanol–water partition coefficient (Wildman–Crippen LogP) is 6.21. The molecule has 0 aliphatic carbocycles. The van der Waals surface area contributed by atoms with E-state index in [1.54, 1.807) is 16.2 Å². The van der Waals surface area contributed by atoms with Crippen LogP contribution in [0.2, 0.25) is 5.02 Å². The highest BCUT2D eigenvalue weighted by Gasteiger charge is 2.28. The molecule has 0 saturated heterocycles. The summed E-state index contributed by atoms with van der Waals surface area (Å²) in [7, 11) is -8.26. The number of rotatable bonds is 11. The van der Waals surface area contributed by atoms with Gasteiger partial charge in [0.2, 0.25) is 11.4 Å². The molecule has 5 rings (SSSR count). The van der Waals surface area contributed by atoms with E-state index in [-0.39, 0.29) is 12.3 Å². The Bertz CT molecular complexity index is 1940. The number of anilines is 1. The van der Waals surface area contributed by atoms with E-state index in [1.807, 2.05) is 85.8 Å². The molecule has 2 N–H and O–H groups in total. The van der Waals surface area contributed by atoms with Crippen LogP contribution < -0.4 is 14.2 Å². The number of fused-ring (bicyclic) bond motifs is 2. The minimum Gasteiger partial charge on any atom is -0.439 e. The monoisotopic (exact) mass is 661 g/mol. The molecule has 4 aromatic rings. The Morgan fingerprint density at radius 2 is 1.70 bits per heavy atom. The summed E-state index contributed by atoms with van der Waals surface area (Å²) in [6.07, 6.45) is 4.61. The second kappa shape index (κ2) is 12.8. The van der Waals surface area contributed by atoms with Crippen LogP contribution in [-0.4, -0.2) is 44.0 Å². The molecular formula is C30H30ClN2O7S3+. The van der Waals surface area contributed by atoms with Gasteiger partial charge in [-0.2, -0.15) is 21.4 Å². The minimum atomic E-state index is -4.23. The third-order valence-corrected chi connectivity index (χ3v) is 9.69. The van der Waals surface area contributed by atoms with Gasteiger partial charge < -0.3 is 9.64 Å². The lowest BCUT2D eigenvalue weighted by Crippen LogP contribution is -2.35. The van der Waals surface area contributed by atoms with Gasteiger partial charge in [0.25, 0.3) is 25.2 Å². The van der Waals surface area contributed by atoms with Crippen molar-refractivity contribution in [3.8, 4) is 16.9 Å². The van der Waals surface area contributed by atoms with E-state index in [2.05, 4.69) is 4.57 Å². The lowest BCUT2D eigenvalue weighted by molar-refractivity contribution is -0.669. The maximum Gasteiger partial charge on any atom is 0.266 e. The van der Waals surface area contributed by atoms with Gasteiger partial charge in [-0.15, -0.1) is 0 Å². The van der Waals surface area contributed by atoms with Crippen LogP contribution in [0.1, 0.15) is 24.8 Å². The number of thiazole rings is 1. The first kappa shape index (κ1) is 31.2. The fourth-order valence-electron chi connectivity index (χ4n) is 4.85. The second-order valence-electron chi connectivity index (χ2n) is 10.2. The second-order valence-corrected chi connectivity index (χ2v) is 14.8. The first-order valence-corrected chi connectivity index (χ1v) is 17.8. The minimum absolute atomic E-state index is 0.0155. The number of nitrogens with zero attached hydrogens (tertiary/aromatic N) is 2. The maximum atomic E-state index is 11.7. The molecule has 226 valence electrons. The van der Waals surface area contributed by atoms with Crippen molar-refractivity contribution in [3.63, 3.8) is 0 Å². The zero-order chi connectivity index (χ0) is 30.8. The van der Waals surface area contributed by atoms with Crippen LogP contribution in [0.15, 0.2) is 84.3 Å². The molecule has 3 aromatic carbocycles. The maximum absolute atomic E-state index is 11.7. The number of allylic oxidation sites excluding steroid dienone is 2. The molecule has 0 bridgehead atoms. The molecule has 0 fully saturated rings. The number of benzene rings is 3. The van der Waals surface area contributed by atoms with Gasteiger partial charge in [0, 0.05) is 36.2 Å². The van der Waals surface area contributed by atoms with Gasteiger partial charge in [-0.25, -0.2) is 0 Å². The Morgan fingerprint density at radius 1 is 0.953 bits per heavy atom. The summed E-state index contributed by atoms with van der Waals surface area (Å²) < 4.78 is 73.5. The van der Waals surface area contributed by atoms with Gasteiger partial charge in [-0.3, -0.25) is 9.11 Å². The molecule has 0 atom stereocenters. The van der Waals surface area contributed by atoms with E-state index in [9.17, 15) is 21.4 Å². The summed E-state index contributed by atoms with van der Waals surface area (Å²) in [5.74, 6) is 0.197. The number of halogens is 1. The number of aryl methyl sites for hydroxylation is 1. The van der Waals surface area contributed by atoms with Crippen molar-refractivity contribution >= 4 is 65.2 Å². The predicted molar refractivity (Wildman–Crippen MR) is 171 cm³/mol. The van der Waals surface area contributed by atoms with Crippen LogP contribution >= 0.6 is 22.9 Å². The Labute approximate surface area is 259 Å². The zero-order valence-electron chi connectivity index (χ0n) is 23.2. The quantitative estimate of drug-likeness (QED) is 0.110. The molecule has 0 amide bonds. The van der Waals surface area contributed by atoms with Gasteiger partial charge in [0.1, 0.15) is 4.70 Å². The molecule has 2 heterocycles. The number of hydrogen-bond acceptors (Lipinski definition) is 7. The van der Waals surface area contributed by atoms with Crippen LogP contribution in [0.25, 0.3) is 27.4 Å². The Balaban J connectivity index is 1.48. The summed E-state index contributed by atoms with van der Waals surface area (Å²) in [5.41, 5.74) is 4.34. The molecule has 0 spiro atoms. The van der Waals surface area contributed by atoms with E-state index in [0.29, 0.717) is 41.7 Å². The average Bonchev–Trinajstić information content (AvgIpc) is 3.45. The molecule has 0 radical (unpaired) electrons. The lowest BCUT2D eigenvalue weighted by atomic mass is 10.0. The summed E-state index contributed by atoms with van der Waals surface area (Å²) >= 11 is 7.83. The van der Waals surface area contributed by atoms with Crippen LogP contribution in [0, 0.1) is 0 Å². The highest BCUT2D eigenvalue weighted by molar-refractivity contribution is 7.86. The standard InChI is InChI=1S/C30H29ClN2O7S3/c1-21(18-30-33(13-5-6-15-42(34,35)36)26-20-24(31)10-12-28(26)41-30)17-29-32(14-16-43(37,38)39)25-19-23(9-11-27(25)40-29)22-7-3-2-4-8-22/h2-4,7-12,17-20H,5-6,13-16H2,1H3,(H-,34,35,36,37,38,39)/p+1. The Hall–Kier alpha value is -3.26. The van der Waals surface area contributed by atoms with Crippen molar-refractivity contribution in [2.24, 2.45) is 0 Å². The van der Waals surface area contributed by atoms with E-state index in [0.717, 1.165) is 31.9 Å². The van der Waals surface area contributed by atoms with Crippen molar-refractivity contribution in [1.29, 1.82) is 0 Å². The molecule has 43 heavy (non-hydrogen) atoms. The van der Waals surface area contributed by atoms with E-state index >= 15 is 0 Å². The van der Waals surface area contributed by atoms with E-state index in [1.165, 1.54) is 0 Å². The molecule has 0 saturated carbocycles. The molecule has 0 unspecified atom stereocenters. The Kier molecular flexibility index (Phi) is 9.26. The summed E-state index contributed by atoms with van der Waals surface area (Å²) in [5, 5.41) is 1.47. The molecule has 1 aliphatic heterocycles. The van der Waals surface area contributed by atoms with Crippen molar-refractivity contribution in [2.45, 2.75) is 26.3 Å². The Morgan fingerprint density at radius 3 is 2.42 bits per heavy atom. The van der Waals surface area contributed by atoms with Crippen molar-refractivity contribution in [2.75, 3.05) is 23.0 Å². The fraction of sp³-hybridized carbons (Fsp3) is 0.233. The smallest absolute Gasteiger partial charge is 0.266 e. The normalized spacial score (nSPS) is 14.8. The summed E-state index contributed by atoms with van der Waals surface area (Å²) in [6.45, 7) is 2.39. The number of unbranched alkanes of at least 4 members (excludes halogenated alkanes) is 1. The third kappa shape index (κ3) is 8.02. The fourth-order valence-corrected chi connectivity index (χ4v) is 7.18. The van der Waals surface area contributed by atoms with Crippen LogP contribution in [0.3, 0.4) is 0 Å². The van der Waals surface area contributed by atoms with E-state index in [4.69, 9.17) is 20.9 Å². The molecule has 1 aromatic heterocycles. The van der Waals surface area contributed by atoms with Crippen molar-refractivity contribution in [1.82, 2.24) is 0 Å². The largest absolute Gasteiger partial charge is 0.439 e. The summed E-state index contributed by atoms with van der Waals surface area (Å²) in [6, 6.07) is 21.1. The molecule has 1 aliphatic rings. The molecular weight excluding hydrogens is 632 g/mol. The van der Waals surface area contributed by atoms with Gasteiger partial charge in [-0.05, 0) is 54.3 Å². The topological polar surface area (TPSA) is 125 Å². The average molecular weight is 662 g/mol. The zero-order valence-corrected chi connectivity index (χ0v) is 26.4. The van der Waals surface area contributed by atoms with Gasteiger partial charge in [0.15, 0.2) is 12.3 Å². The number of hydrogen-bond donors (Lipinski definition) is 2. The summed E-state index contributed by atoms with van der Waals surface area (Å²) in [4.78, 5) is 1.74. The molecule has 9 nitrogen and oxygen atoms in total. The van der Waals surface area contributed by atoms with Gasteiger partial charge in [0.05, 0.1) is 17.2 Å². The lowest BCUT2D eigenvalue weighted by Gasteiger charge is -2.18. The first-order valence-electron chi connectivity index (χ1n) is 13.4. The van der Waals surface area contributed by atoms with Crippen molar-refractivity contribution in [3.05, 3.63) is 94.3 Å². The molecule has 13 heteroatoms. The van der Waals surface area contributed by atoms with Gasteiger partial charge >= 0.3 is 0 Å². The number of ether oxygens (including phenoxy) is 1. The van der Waals surface area contributed by atoms with Gasteiger partial charge in [-0.1, -0.05) is 59.3 Å².